The SMILES string of the molecule is O=C(NCC(O)c1ccsc1)NCC1(c2ccccc2F)CC1. The highest BCUT2D eigenvalue weighted by Gasteiger charge is 2.45. The fourth-order valence-corrected chi connectivity index (χ4v) is 3.37. The molecule has 1 atom stereocenters. The predicted octanol–water partition coefficient (Wildman–Crippen LogP) is 2.95. The zero-order valence-corrected chi connectivity index (χ0v) is 13.4. The zero-order chi connectivity index (χ0) is 16.3. The average Bonchev–Trinajstić information content (AvgIpc) is 3.13. The van der Waals surface area contributed by atoms with Gasteiger partial charge in [0, 0.05) is 18.5 Å². The maximum Gasteiger partial charge on any atom is 0.314 e. The van der Waals surface area contributed by atoms with Crippen LogP contribution < -0.4 is 10.6 Å². The Labute approximate surface area is 138 Å². The van der Waals surface area contributed by atoms with Gasteiger partial charge in [-0.3, -0.25) is 0 Å². The molecule has 1 unspecified atom stereocenters. The highest BCUT2D eigenvalue weighted by Crippen LogP contribution is 2.48. The summed E-state index contributed by atoms with van der Waals surface area (Å²) in [6, 6.07) is 8.19. The van der Waals surface area contributed by atoms with E-state index >= 15 is 0 Å². The van der Waals surface area contributed by atoms with Gasteiger partial charge in [0.1, 0.15) is 5.82 Å². The summed E-state index contributed by atoms with van der Waals surface area (Å²) in [7, 11) is 0. The van der Waals surface area contributed by atoms with Crippen molar-refractivity contribution in [3.8, 4) is 0 Å². The predicted molar refractivity (Wildman–Crippen MR) is 88.0 cm³/mol. The molecule has 0 spiro atoms. The third-order valence-corrected chi connectivity index (χ3v) is 4.97. The minimum absolute atomic E-state index is 0.148. The molecule has 3 rings (SSSR count). The minimum Gasteiger partial charge on any atom is -0.387 e. The lowest BCUT2D eigenvalue weighted by Gasteiger charge is -2.18. The fourth-order valence-electron chi connectivity index (χ4n) is 2.67. The minimum atomic E-state index is -0.714. The van der Waals surface area contributed by atoms with E-state index in [9.17, 15) is 14.3 Å². The van der Waals surface area contributed by atoms with E-state index in [1.54, 1.807) is 12.1 Å². The highest BCUT2D eigenvalue weighted by molar-refractivity contribution is 7.07. The van der Waals surface area contributed by atoms with Crippen LogP contribution in [0.15, 0.2) is 41.1 Å². The molecule has 0 aliphatic heterocycles. The molecule has 1 aromatic carbocycles. The molecule has 23 heavy (non-hydrogen) atoms. The van der Waals surface area contributed by atoms with Crippen LogP contribution in [-0.2, 0) is 5.41 Å². The number of rotatable bonds is 6. The maximum absolute atomic E-state index is 13.9. The van der Waals surface area contributed by atoms with E-state index in [1.165, 1.54) is 17.4 Å². The second kappa shape index (κ2) is 6.68. The van der Waals surface area contributed by atoms with E-state index in [4.69, 9.17) is 0 Å². The van der Waals surface area contributed by atoms with Crippen molar-refractivity contribution in [3.05, 3.63) is 58.0 Å². The molecule has 2 amide bonds. The quantitative estimate of drug-likeness (QED) is 0.761. The fraction of sp³-hybridized carbons (Fsp3) is 0.353. The number of carbonyl (C=O) groups excluding carboxylic acids is 1. The first-order valence-electron chi connectivity index (χ1n) is 7.58. The van der Waals surface area contributed by atoms with E-state index < -0.39 is 6.10 Å². The summed E-state index contributed by atoms with van der Waals surface area (Å²) in [5.41, 5.74) is 1.17. The molecule has 1 saturated carbocycles. The van der Waals surface area contributed by atoms with Gasteiger partial charge in [-0.15, -0.1) is 0 Å². The number of amides is 2. The molecule has 0 radical (unpaired) electrons. The summed E-state index contributed by atoms with van der Waals surface area (Å²) < 4.78 is 13.9. The summed E-state index contributed by atoms with van der Waals surface area (Å²) in [4.78, 5) is 11.9. The molecule has 0 saturated heterocycles. The van der Waals surface area contributed by atoms with E-state index in [2.05, 4.69) is 10.6 Å². The van der Waals surface area contributed by atoms with Gasteiger partial charge in [0.15, 0.2) is 0 Å². The molecule has 1 aliphatic carbocycles. The number of aliphatic hydroxyl groups excluding tert-OH is 1. The molecule has 1 aromatic heterocycles. The topological polar surface area (TPSA) is 61.4 Å². The standard InChI is InChI=1S/C17H19FN2O2S/c18-14-4-2-1-3-13(14)17(6-7-17)11-20-16(22)19-9-15(21)12-5-8-23-10-12/h1-5,8,10,15,21H,6-7,9,11H2,(H2,19,20,22). The first-order valence-corrected chi connectivity index (χ1v) is 8.52. The lowest BCUT2D eigenvalue weighted by atomic mass is 9.95. The third-order valence-electron chi connectivity index (χ3n) is 4.27. The Bertz CT molecular complexity index is 671. The molecule has 4 nitrogen and oxygen atoms in total. The molecule has 6 heteroatoms. The Kier molecular flexibility index (Phi) is 4.63. The van der Waals surface area contributed by atoms with E-state index in [-0.39, 0.29) is 23.8 Å². The molecule has 1 aliphatic rings. The van der Waals surface area contributed by atoms with E-state index in [0.29, 0.717) is 12.1 Å². The number of halogens is 1. The number of carbonyl (C=O) groups is 1. The van der Waals surface area contributed by atoms with Crippen molar-refractivity contribution >= 4 is 17.4 Å². The van der Waals surface area contributed by atoms with Crippen molar-refractivity contribution in [3.63, 3.8) is 0 Å². The monoisotopic (exact) mass is 334 g/mol. The number of urea groups is 1. The summed E-state index contributed by atoms with van der Waals surface area (Å²) >= 11 is 1.50. The molecule has 2 aromatic rings. The Balaban J connectivity index is 1.49. The molecule has 1 fully saturated rings. The summed E-state index contributed by atoms with van der Waals surface area (Å²) in [5.74, 6) is -0.222. The smallest absolute Gasteiger partial charge is 0.314 e. The van der Waals surface area contributed by atoms with Gasteiger partial charge in [-0.25, -0.2) is 9.18 Å². The van der Waals surface area contributed by atoms with Gasteiger partial charge in [0.25, 0.3) is 0 Å². The first-order chi connectivity index (χ1) is 11.1. The number of benzene rings is 1. The lowest BCUT2D eigenvalue weighted by molar-refractivity contribution is 0.173. The Morgan fingerprint density at radius 3 is 2.74 bits per heavy atom. The van der Waals surface area contributed by atoms with E-state index in [0.717, 1.165) is 18.4 Å². The highest BCUT2D eigenvalue weighted by atomic mass is 32.1. The van der Waals surface area contributed by atoms with Crippen molar-refractivity contribution in [2.75, 3.05) is 13.1 Å². The van der Waals surface area contributed by atoms with Crippen LogP contribution in [-0.4, -0.2) is 24.2 Å². The summed E-state index contributed by atoms with van der Waals surface area (Å²) in [6.07, 6.45) is 1.02. The summed E-state index contributed by atoms with van der Waals surface area (Å²) in [5, 5.41) is 19.1. The van der Waals surface area contributed by atoms with Gasteiger partial charge in [0.05, 0.1) is 6.10 Å². The molecule has 1 heterocycles. The lowest BCUT2D eigenvalue weighted by Crippen LogP contribution is -2.41. The number of nitrogens with one attached hydrogen (secondary N) is 2. The largest absolute Gasteiger partial charge is 0.387 e. The second-order valence-corrected chi connectivity index (χ2v) is 6.68. The Morgan fingerprint density at radius 2 is 2.09 bits per heavy atom. The maximum atomic E-state index is 13.9. The van der Waals surface area contributed by atoms with Crippen molar-refractivity contribution in [1.82, 2.24) is 10.6 Å². The normalized spacial score (nSPS) is 16.6. The van der Waals surface area contributed by atoms with Crippen LogP contribution in [0.2, 0.25) is 0 Å². The van der Waals surface area contributed by atoms with Gasteiger partial charge in [-0.2, -0.15) is 11.3 Å². The number of thiophene rings is 1. The van der Waals surface area contributed by atoms with Crippen LogP contribution in [0.1, 0.15) is 30.1 Å². The Hall–Kier alpha value is -1.92. The zero-order valence-electron chi connectivity index (χ0n) is 12.6. The van der Waals surface area contributed by atoms with Gasteiger partial charge in [-0.1, -0.05) is 18.2 Å². The van der Waals surface area contributed by atoms with Gasteiger partial charge >= 0.3 is 6.03 Å². The van der Waals surface area contributed by atoms with E-state index in [1.807, 2.05) is 22.9 Å². The average molecular weight is 334 g/mol. The number of hydrogen-bond donors (Lipinski definition) is 3. The van der Waals surface area contributed by atoms with Gasteiger partial charge in [0.2, 0.25) is 0 Å². The van der Waals surface area contributed by atoms with Crippen LogP contribution in [0, 0.1) is 5.82 Å². The Morgan fingerprint density at radius 1 is 1.30 bits per heavy atom. The van der Waals surface area contributed by atoms with Crippen LogP contribution in [0.3, 0.4) is 0 Å². The van der Waals surface area contributed by atoms with Crippen LogP contribution >= 0.6 is 11.3 Å². The number of hydrogen-bond acceptors (Lipinski definition) is 3. The molecule has 122 valence electrons. The van der Waals surface area contributed by atoms with Gasteiger partial charge < -0.3 is 15.7 Å². The van der Waals surface area contributed by atoms with Crippen molar-refractivity contribution in [2.24, 2.45) is 0 Å². The second-order valence-electron chi connectivity index (χ2n) is 5.90. The van der Waals surface area contributed by atoms with Crippen LogP contribution in [0.5, 0.6) is 0 Å². The third kappa shape index (κ3) is 3.71. The first kappa shape index (κ1) is 16.0. The van der Waals surface area contributed by atoms with Crippen molar-refractivity contribution in [2.45, 2.75) is 24.4 Å². The molecule has 3 N–H and O–H groups in total. The number of aliphatic hydroxyl groups is 1. The molecular weight excluding hydrogens is 315 g/mol. The van der Waals surface area contributed by atoms with Gasteiger partial charge in [-0.05, 0) is 46.9 Å². The molecular formula is C17H19FN2O2S. The summed E-state index contributed by atoms with van der Waals surface area (Å²) in [6.45, 7) is 0.545. The van der Waals surface area contributed by atoms with Crippen LogP contribution in [0.25, 0.3) is 0 Å². The van der Waals surface area contributed by atoms with Crippen molar-refractivity contribution < 1.29 is 14.3 Å². The molecule has 0 bridgehead atoms. The van der Waals surface area contributed by atoms with Crippen molar-refractivity contribution in [1.29, 1.82) is 0 Å². The van der Waals surface area contributed by atoms with Crippen LogP contribution in [0.4, 0.5) is 9.18 Å².